The molecule has 20 heavy (non-hydrogen) atoms. The van der Waals surface area contributed by atoms with Crippen LogP contribution in [0.2, 0.25) is 0 Å². The summed E-state index contributed by atoms with van der Waals surface area (Å²) in [6.45, 7) is 2.49. The first-order valence-corrected chi connectivity index (χ1v) is 6.52. The van der Waals surface area contributed by atoms with Crippen LogP contribution in [0.3, 0.4) is 0 Å². The topological polar surface area (TPSA) is 68.9 Å². The Hall–Kier alpha value is -2.22. The van der Waals surface area contributed by atoms with Crippen molar-refractivity contribution in [2.24, 2.45) is 0 Å². The maximum atomic E-state index is 10.1. The van der Waals surface area contributed by atoms with Gasteiger partial charge in [0.1, 0.15) is 0 Å². The lowest BCUT2D eigenvalue weighted by molar-refractivity contribution is 0.170. The lowest BCUT2D eigenvalue weighted by atomic mass is 10.1. The van der Waals surface area contributed by atoms with E-state index in [2.05, 4.69) is 16.4 Å². The zero-order valence-electron chi connectivity index (χ0n) is 11.3. The zero-order valence-corrected chi connectivity index (χ0v) is 11.3. The highest BCUT2D eigenvalue weighted by Crippen LogP contribution is 2.15. The zero-order chi connectivity index (χ0) is 14.4. The van der Waals surface area contributed by atoms with E-state index in [1.165, 1.54) is 0 Å². The summed E-state index contributed by atoms with van der Waals surface area (Å²) in [5.41, 5.74) is 2.59. The number of pyridine rings is 1. The van der Waals surface area contributed by atoms with Crippen LogP contribution in [0, 0.1) is 11.3 Å². The molecule has 0 saturated carbocycles. The Kier molecular flexibility index (Phi) is 4.83. The van der Waals surface area contributed by atoms with E-state index in [0.717, 1.165) is 11.1 Å². The minimum Gasteiger partial charge on any atom is -0.387 e. The summed E-state index contributed by atoms with van der Waals surface area (Å²) < 4.78 is 0. The molecule has 2 N–H and O–H groups in total. The Morgan fingerprint density at radius 1 is 1.15 bits per heavy atom. The molecule has 0 unspecified atom stereocenters. The average molecular weight is 267 g/mol. The van der Waals surface area contributed by atoms with Crippen LogP contribution in [-0.4, -0.2) is 16.6 Å². The van der Waals surface area contributed by atoms with E-state index in [1.54, 1.807) is 36.7 Å². The van der Waals surface area contributed by atoms with Gasteiger partial charge < -0.3 is 10.4 Å². The fourth-order valence-electron chi connectivity index (χ4n) is 1.96. The van der Waals surface area contributed by atoms with Gasteiger partial charge in [-0.3, -0.25) is 4.98 Å². The Balaban J connectivity index is 1.91. The van der Waals surface area contributed by atoms with Crippen molar-refractivity contribution in [1.82, 2.24) is 10.3 Å². The molecule has 0 aliphatic carbocycles. The molecule has 4 heteroatoms. The highest BCUT2D eigenvalue weighted by atomic mass is 16.3. The number of rotatable bonds is 5. The van der Waals surface area contributed by atoms with Gasteiger partial charge in [-0.25, -0.2) is 0 Å². The first kappa shape index (κ1) is 14.2. The molecular weight excluding hydrogens is 250 g/mol. The van der Waals surface area contributed by atoms with Crippen molar-refractivity contribution in [3.8, 4) is 6.07 Å². The Morgan fingerprint density at radius 2 is 1.80 bits per heavy atom. The molecule has 2 aromatic rings. The van der Waals surface area contributed by atoms with Crippen molar-refractivity contribution in [2.45, 2.75) is 19.1 Å². The normalized spacial score (nSPS) is 13.4. The molecule has 102 valence electrons. The first-order chi connectivity index (χ1) is 9.70. The van der Waals surface area contributed by atoms with E-state index in [9.17, 15) is 5.11 Å². The molecule has 0 spiro atoms. The quantitative estimate of drug-likeness (QED) is 0.872. The molecule has 0 amide bonds. The summed E-state index contributed by atoms with van der Waals surface area (Å²) in [4.78, 5) is 3.93. The number of nitrogens with zero attached hydrogens (tertiary/aromatic N) is 2. The maximum Gasteiger partial charge on any atom is 0.0991 e. The molecule has 2 atom stereocenters. The van der Waals surface area contributed by atoms with Gasteiger partial charge >= 0.3 is 0 Å². The minimum atomic E-state index is -0.557. The van der Waals surface area contributed by atoms with Crippen LogP contribution in [-0.2, 0) is 0 Å². The Labute approximate surface area is 118 Å². The number of aromatic nitrogens is 1. The predicted octanol–water partition coefficient (Wildman–Crippen LogP) is 2.34. The molecule has 0 aliphatic heterocycles. The smallest absolute Gasteiger partial charge is 0.0991 e. The van der Waals surface area contributed by atoms with E-state index in [0.29, 0.717) is 12.1 Å². The average Bonchev–Trinajstić information content (AvgIpc) is 2.53. The lowest BCUT2D eigenvalue weighted by Gasteiger charge is -2.17. The van der Waals surface area contributed by atoms with Gasteiger partial charge in [-0.2, -0.15) is 5.26 Å². The van der Waals surface area contributed by atoms with Crippen LogP contribution in [0.5, 0.6) is 0 Å². The minimum absolute atomic E-state index is 0.110. The second kappa shape index (κ2) is 6.80. The van der Waals surface area contributed by atoms with Gasteiger partial charge in [0, 0.05) is 25.0 Å². The number of hydrogen-bond donors (Lipinski definition) is 2. The summed E-state index contributed by atoms with van der Waals surface area (Å²) in [6, 6.07) is 13.3. The van der Waals surface area contributed by atoms with Crippen molar-refractivity contribution in [3.05, 3.63) is 65.5 Å². The Bertz CT molecular complexity index is 575. The molecule has 1 heterocycles. The Morgan fingerprint density at radius 3 is 2.40 bits per heavy atom. The van der Waals surface area contributed by atoms with Crippen LogP contribution in [0.1, 0.15) is 35.8 Å². The maximum absolute atomic E-state index is 10.1. The number of nitrogens with one attached hydrogen (secondary N) is 1. The van der Waals surface area contributed by atoms with Crippen LogP contribution in [0.4, 0.5) is 0 Å². The van der Waals surface area contributed by atoms with Crippen molar-refractivity contribution in [3.63, 3.8) is 0 Å². The molecule has 0 saturated heterocycles. The number of aliphatic hydroxyl groups is 1. The van der Waals surface area contributed by atoms with E-state index in [4.69, 9.17) is 5.26 Å². The van der Waals surface area contributed by atoms with Gasteiger partial charge in [0.05, 0.1) is 17.7 Å². The molecule has 2 rings (SSSR count). The monoisotopic (exact) mass is 267 g/mol. The van der Waals surface area contributed by atoms with Crippen molar-refractivity contribution in [1.29, 1.82) is 5.26 Å². The fraction of sp³-hybridized carbons (Fsp3) is 0.250. The number of hydrogen-bond acceptors (Lipinski definition) is 4. The number of aliphatic hydroxyl groups excluding tert-OH is 1. The van der Waals surface area contributed by atoms with E-state index < -0.39 is 6.10 Å². The molecule has 1 aromatic carbocycles. The highest BCUT2D eigenvalue weighted by molar-refractivity contribution is 5.32. The lowest BCUT2D eigenvalue weighted by Crippen LogP contribution is -2.24. The van der Waals surface area contributed by atoms with E-state index in [1.807, 2.05) is 19.1 Å². The van der Waals surface area contributed by atoms with E-state index in [-0.39, 0.29) is 6.04 Å². The molecule has 4 nitrogen and oxygen atoms in total. The summed E-state index contributed by atoms with van der Waals surface area (Å²) in [5, 5.41) is 22.1. The fourth-order valence-corrected chi connectivity index (χ4v) is 1.96. The van der Waals surface area contributed by atoms with Crippen LogP contribution in [0.15, 0.2) is 48.8 Å². The first-order valence-electron chi connectivity index (χ1n) is 6.52. The highest BCUT2D eigenvalue weighted by Gasteiger charge is 2.10. The van der Waals surface area contributed by atoms with Gasteiger partial charge in [0.15, 0.2) is 0 Å². The number of benzene rings is 1. The van der Waals surface area contributed by atoms with Crippen LogP contribution in [0.25, 0.3) is 0 Å². The molecule has 0 aliphatic rings. The third-order valence-corrected chi connectivity index (χ3v) is 3.25. The van der Waals surface area contributed by atoms with Crippen LogP contribution < -0.4 is 5.32 Å². The number of nitriles is 1. The molecule has 1 aromatic heterocycles. The van der Waals surface area contributed by atoms with Gasteiger partial charge in [0.2, 0.25) is 0 Å². The van der Waals surface area contributed by atoms with Gasteiger partial charge in [-0.05, 0) is 42.3 Å². The van der Waals surface area contributed by atoms with Crippen molar-refractivity contribution in [2.75, 3.05) is 6.54 Å². The van der Waals surface area contributed by atoms with E-state index >= 15 is 0 Å². The van der Waals surface area contributed by atoms with Gasteiger partial charge in [-0.15, -0.1) is 0 Å². The SMILES string of the molecule is C[C@H](NC[C@@H](O)c1ccncc1)c1ccc(C#N)cc1. The summed E-state index contributed by atoms with van der Waals surface area (Å²) in [6.07, 6.45) is 2.78. The van der Waals surface area contributed by atoms with Gasteiger partial charge in [-0.1, -0.05) is 12.1 Å². The third kappa shape index (κ3) is 3.64. The van der Waals surface area contributed by atoms with Gasteiger partial charge in [0.25, 0.3) is 0 Å². The van der Waals surface area contributed by atoms with Crippen molar-refractivity contribution >= 4 is 0 Å². The van der Waals surface area contributed by atoms with Crippen LogP contribution >= 0.6 is 0 Å². The second-order valence-electron chi connectivity index (χ2n) is 4.66. The molecule has 0 radical (unpaired) electrons. The summed E-state index contributed by atoms with van der Waals surface area (Å²) >= 11 is 0. The summed E-state index contributed by atoms with van der Waals surface area (Å²) in [5.74, 6) is 0. The standard InChI is InChI=1S/C16H17N3O/c1-12(14-4-2-13(10-17)3-5-14)19-11-16(20)15-6-8-18-9-7-15/h2-9,12,16,19-20H,11H2,1H3/t12-,16+/m0/s1. The predicted molar refractivity (Wildman–Crippen MR) is 76.8 cm³/mol. The summed E-state index contributed by atoms with van der Waals surface area (Å²) in [7, 11) is 0. The molecular formula is C16H17N3O. The largest absolute Gasteiger partial charge is 0.387 e. The third-order valence-electron chi connectivity index (χ3n) is 3.25. The van der Waals surface area contributed by atoms with Crippen molar-refractivity contribution < 1.29 is 5.11 Å². The molecule has 0 bridgehead atoms. The second-order valence-corrected chi connectivity index (χ2v) is 4.66. The molecule has 0 fully saturated rings.